The Morgan fingerprint density at radius 2 is 2.00 bits per heavy atom. The Morgan fingerprint density at radius 1 is 1.29 bits per heavy atom. The molecule has 0 atom stereocenters. The predicted octanol–water partition coefficient (Wildman–Crippen LogP) is 0.197. The third-order valence-corrected chi connectivity index (χ3v) is 2.73. The molecule has 1 aromatic heterocycles. The van der Waals surface area contributed by atoms with Crippen molar-refractivity contribution in [1.82, 2.24) is 5.10 Å². The van der Waals surface area contributed by atoms with Crippen LogP contribution in [-0.2, 0) is 11.3 Å². The number of aromatic nitrogens is 2. The van der Waals surface area contributed by atoms with Crippen molar-refractivity contribution in [3.63, 3.8) is 0 Å². The van der Waals surface area contributed by atoms with Crippen LogP contribution in [0.25, 0.3) is 10.9 Å². The highest BCUT2D eigenvalue weighted by Crippen LogP contribution is 2.19. The van der Waals surface area contributed by atoms with Gasteiger partial charge in [0.05, 0.1) is 0 Å². The van der Waals surface area contributed by atoms with E-state index in [0.717, 1.165) is 22.0 Å². The van der Waals surface area contributed by atoms with E-state index in [2.05, 4.69) is 11.2 Å². The molecule has 0 bridgehead atoms. The summed E-state index contributed by atoms with van der Waals surface area (Å²) in [6, 6.07) is 4.10. The molecule has 0 fully saturated rings. The summed E-state index contributed by atoms with van der Waals surface area (Å²) in [6.07, 6.45) is 1.73. The van der Waals surface area contributed by atoms with Crippen molar-refractivity contribution in [3.8, 4) is 0 Å². The number of benzene rings is 1. The number of aliphatic carboxylic acids is 1. The molecule has 0 saturated carbocycles. The van der Waals surface area contributed by atoms with Crippen LogP contribution in [0.3, 0.4) is 0 Å². The van der Waals surface area contributed by atoms with Gasteiger partial charge in [0.1, 0.15) is 11.5 Å². The topological polar surface area (TPSA) is 56.9 Å². The summed E-state index contributed by atoms with van der Waals surface area (Å²) in [4.78, 5) is 10.6. The average molecular weight is 230 g/mol. The monoisotopic (exact) mass is 230 g/mol. The van der Waals surface area contributed by atoms with Gasteiger partial charge in [-0.3, -0.25) is 0 Å². The Labute approximate surface area is 99.5 Å². The zero-order valence-corrected chi connectivity index (χ0v) is 10.2. The van der Waals surface area contributed by atoms with Crippen LogP contribution in [0.4, 0.5) is 0 Å². The van der Waals surface area contributed by atoms with Gasteiger partial charge < -0.3 is 9.90 Å². The minimum Gasteiger partial charge on any atom is -0.544 e. The molecule has 0 saturated heterocycles. The van der Waals surface area contributed by atoms with Crippen molar-refractivity contribution in [2.24, 2.45) is 0 Å². The van der Waals surface area contributed by atoms with Gasteiger partial charge in [-0.25, -0.2) is 0 Å². The van der Waals surface area contributed by atoms with E-state index < -0.39 is 5.97 Å². The van der Waals surface area contributed by atoms with Crippen LogP contribution in [0.5, 0.6) is 0 Å². The quantitative estimate of drug-likeness (QED) is 0.692. The standard InChI is InChI=1S/C13H14N2O2/c1-8-4-9(2)13-11(5-8)10(3)6-15(14-13)7-12(16)17/h4-6H,7H2,1-3H3. The lowest BCUT2D eigenvalue weighted by molar-refractivity contribution is -0.745. The summed E-state index contributed by atoms with van der Waals surface area (Å²) < 4.78 is 1.41. The highest BCUT2D eigenvalue weighted by atomic mass is 16.4. The van der Waals surface area contributed by atoms with Gasteiger partial charge in [-0.05, 0) is 32.4 Å². The van der Waals surface area contributed by atoms with Gasteiger partial charge in [0, 0.05) is 16.0 Å². The van der Waals surface area contributed by atoms with Crippen LogP contribution in [0.15, 0.2) is 18.3 Å². The molecule has 2 rings (SSSR count). The van der Waals surface area contributed by atoms with Crippen molar-refractivity contribution in [2.45, 2.75) is 27.3 Å². The number of carbonyl (C=O) groups is 1. The Kier molecular flexibility index (Phi) is 2.79. The number of aryl methyl sites for hydroxylation is 3. The second kappa shape index (κ2) is 4.13. The lowest BCUT2D eigenvalue weighted by atomic mass is 10.0. The fraction of sp³-hybridized carbons (Fsp3) is 0.308. The van der Waals surface area contributed by atoms with Gasteiger partial charge in [0.25, 0.3) is 0 Å². The minimum absolute atomic E-state index is 0.218. The third kappa shape index (κ3) is 2.25. The van der Waals surface area contributed by atoms with E-state index in [0.29, 0.717) is 0 Å². The number of hydrogen-bond acceptors (Lipinski definition) is 3. The van der Waals surface area contributed by atoms with Gasteiger partial charge in [-0.2, -0.15) is 0 Å². The summed E-state index contributed by atoms with van der Waals surface area (Å²) in [5.41, 5.74) is 4.09. The first-order chi connectivity index (χ1) is 7.97. The lowest BCUT2D eigenvalue weighted by Gasteiger charge is -2.05. The van der Waals surface area contributed by atoms with Crippen LogP contribution in [-0.4, -0.2) is 11.1 Å². The molecular weight excluding hydrogens is 216 g/mol. The summed E-state index contributed by atoms with van der Waals surface area (Å²) in [5, 5.41) is 16.0. The molecule has 0 aliphatic rings. The molecule has 0 amide bonds. The van der Waals surface area contributed by atoms with Crippen LogP contribution < -0.4 is 9.79 Å². The fourth-order valence-corrected chi connectivity index (χ4v) is 2.06. The van der Waals surface area contributed by atoms with Crippen molar-refractivity contribution >= 4 is 16.9 Å². The summed E-state index contributed by atoms with van der Waals surface area (Å²) in [7, 11) is 0. The average Bonchev–Trinajstić information content (AvgIpc) is 2.19. The molecule has 1 heterocycles. The van der Waals surface area contributed by atoms with Crippen molar-refractivity contribution < 1.29 is 14.6 Å². The maximum atomic E-state index is 10.6. The van der Waals surface area contributed by atoms with Gasteiger partial charge >= 0.3 is 0 Å². The number of rotatable bonds is 2. The third-order valence-electron chi connectivity index (χ3n) is 2.73. The maximum Gasteiger partial charge on any atom is 0.213 e. The highest BCUT2D eigenvalue weighted by Gasteiger charge is 2.11. The Hall–Kier alpha value is -1.97. The Bertz CT molecular complexity index is 606. The zero-order valence-electron chi connectivity index (χ0n) is 10.2. The van der Waals surface area contributed by atoms with Crippen LogP contribution in [0, 0.1) is 20.8 Å². The fourth-order valence-electron chi connectivity index (χ4n) is 2.06. The van der Waals surface area contributed by atoms with E-state index in [4.69, 9.17) is 0 Å². The second-order valence-electron chi connectivity index (χ2n) is 4.36. The number of hydrogen-bond donors (Lipinski definition) is 0. The van der Waals surface area contributed by atoms with Crippen LogP contribution >= 0.6 is 0 Å². The highest BCUT2D eigenvalue weighted by molar-refractivity contribution is 5.84. The van der Waals surface area contributed by atoms with E-state index in [1.165, 1.54) is 10.2 Å². The first-order valence-corrected chi connectivity index (χ1v) is 5.45. The lowest BCUT2D eigenvalue weighted by Crippen LogP contribution is -2.46. The molecular formula is C13H14N2O2. The molecule has 17 heavy (non-hydrogen) atoms. The molecule has 1 aromatic carbocycles. The number of carboxylic acids is 1. The molecule has 4 nitrogen and oxygen atoms in total. The van der Waals surface area contributed by atoms with Crippen molar-refractivity contribution in [3.05, 3.63) is 35.0 Å². The van der Waals surface area contributed by atoms with Crippen LogP contribution in [0.2, 0.25) is 0 Å². The molecule has 2 aromatic rings. The molecule has 0 aliphatic carbocycles. The number of fused-ring (bicyclic) bond motifs is 1. The van der Waals surface area contributed by atoms with Crippen LogP contribution in [0.1, 0.15) is 16.7 Å². The number of nitrogens with zero attached hydrogens (tertiary/aromatic N) is 2. The Morgan fingerprint density at radius 3 is 2.65 bits per heavy atom. The van der Waals surface area contributed by atoms with Gasteiger partial charge in [-0.1, -0.05) is 16.3 Å². The van der Waals surface area contributed by atoms with Crippen molar-refractivity contribution in [1.29, 1.82) is 0 Å². The molecule has 0 unspecified atom stereocenters. The first-order valence-electron chi connectivity index (χ1n) is 5.45. The molecule has 4 heteroatoms. The predicted molar refractivity (Wildman–Crippen MR) is 61.2 cm³/mol. The first kappa shape index (κ1) is 11.5. The van der Waals surface area contributed by atoms with Gasteiger partial charge in [0.2, 0.25) is 6.54 Å². The second-order valence-corrected chi connectivity index (χ2v) is 4.36. The summed E-state index contributed by atoms with van der Waals surface area (Å²) in [6.45, 7) is 5.75. The summed E-state index contributed by atoms with van der Waals surface area (Å²) in [5.74, 6) is -1.13. The van der Waals surface area contributed by atoms with E-state index in [1.807, 2.05) is 26.8 Å². The van der Waals surface area contributed by atoms with E-state index in [1.54, 1.807) is 6.20 Å². The Balaban J connectivity index is 2.68. The minimum atomic E-state index is -1.13. The van der Waals surface area contributed by atoms with Gasteiger partial charge in [-0.15, -0.1) is 0 Å². The van der Waals surface area contributed by atoms with Gasteiger partial charge in [0.15, 0.2) is 6.20 Å². The normalized spacial score (nSPS) is 10.8. The van der Waals surface area contributed by atoms with Crippen molar-refractivity contribution in [2.75, 3.05) is 0 Å². The largest absolute Gasteiger partial charge is 0.544 e. The van der Waals surface area contributed by atoms with E-state index in [-0.39, 0.29) is 6.54 Å². The van der Waals surface area contributed by atoms with E-state index in [9.17, 15) is 9.90 Å². The summed E-state index contributed by atoms with van der Waals surface area (Å²) >= 11 is 0. The smallest absolute Gasteiger partial charge is 0.213 e. The zero-order chi connectivity index (χ0) is 12.6. The number of carboxylic acid groups (broad SMARTS) is 1. The molecule has 0 N–H and O–H groups in total. The van der Waals surface area contributed by atoms with E-state index >= 15 is 0 Å². The number of carbonyl (C=O) groups excluding carboxylic acids is 1. The SMILES string of the molecule is Cc1cc(C)c2n[n+](CC(=O)[O-])cc(C)c2c1. The maximum absolute atomic E-state index is 10.6. The molecule has 0 aliphatic heterocycles. The molecule has 0 radical (unpaired) electrons. The molecule has 88 valence electrons. The molecule has 0 spiro atoms.